The highest BCUT2D eigenvalue weighted by atomic mass is 16.3. The predicted molar refractivity (Wildman–Crippen MR) is 286 cm³/mol. The highest BCUT2D eigenvalue weighted by Crippen LogP contribution is 2.45. The predicted octanol–water partition coefficient (Wildman–Crippen LogP) is 18.1. The lowest BCUT2D eigenvalue weighted by molar-refractivity contribution is 0.669. The molecule has 0 fully saturated rings. The summed E-state index contributed by atoms with van der Waals surface area (Å²) >= 11 is 0. The van der Waals surface area contributed by atoms with Crippen molar-refractivity contribution in [3.8, 4) is 27.9 Å². The van der Waals surface area contributed by atoms with Crippen molar-refractivity contribution in [3.05, 3.63) is 261 Å². The maximum Gasteiger partial charge on any atom is 0.135 e. The Kier molecular flexibility index (Phi) is 9.47. The van der Waals surface area contributed by atoms with Gasteiger partial charge >= 0.3 is 0 Å². The Morgan fingerprint density at radius 2 is 0.779 bits per heavy atom. The maximum atomic E-state index is 6.34. The average molecular weight is 870 g/mol. The summed E-state index contributed by atoms with van der Waals surface area (Å²) in [4.78, 5) is 4.73. The van der Waals surface area contributed by atoms with E-state index in [1.54, 1.807) is 0 Å². The van der Waals surface area contributed by atoms with E-state index in [-0.39, 0.29) is 0 Å². The molecule has 2 heterocycles. The minimum Gasteiger partial charge on any atom is -0.456 e. The molecule has 0 N–H and O–H groups in total. The molecule has 68 heavy (non-hydrogen) atoms. The highest BCUT2D eigenvalue weighted by molar-refractivity contribution is 6.14. The zero-order valence-corrected chi connectivity index (χ0v) is 37.1. The monoisotopic (exact) mass is 869 g/mol. The number of rotatable bonds is 9. The molecule has 0 aliphatic heterocycles. The molecule has 0 radical (unpaired) electrons. The van der Waals surface area contributed by atoms with Crippen LogP contribution in [0.2, 0.25) is 0 Å². The topological polar surface area (TPSA) is 24.6 Å². The van der Waals surface area contributed by atoms with E-state index in [2.05, 4.69) is 263 Å². The first-order valence-corrected chi connectivity index (χ1v) is 23.2. The van der Waals surface area contributed by atoms with Crippen molar-refractivity contribution in [1.29, 1.82) is 0 Å². The van der Waals surface area contributed by atoms with Crippen LogP contribution in [0.4, 0.5) is 34.1 Å². The molecule has 0 bridgehead atoms. The van der Waals surface area contributed by atoms with E-state index in [0.29, 0.717) is 0 Å². The molecule has 0 saturated heterocycles. The van der Waals surface area contributed by atoms with E-state index >= 15 is 0 Å². The van der Waals surface area contributed by atoms with Crippen LogP contribution in [-0.4, -0.2) is 4.57 Å². The summed E-state index contributed by atoms with van der Waals surface area (Å²) in [6.07, 6.45) is 0. The van der Waals surface area contributed by atoms with Crippen LogP contribution in [0.25, 0.3) is 82.5 Å². The molecule has 0 amide bonds. The number of hydrogen-bond donors (Lipinski definition) is 0. The van der Waals surface area contributed by atoms with Gasteiger partial charge in [-0.05, 0) is 142 Å². The van der Waals surface area contributed by atoms with E-state index in [1.807, 2.05) is 12.1 Å². The molecule has 0 aliphatic rings. The smallest absolute Gasteiger partial charge is 0.135 e. The molecular weight excluding hydrogens is 827 g/mol. The van der Waals surface area contributed by atoms with Gasteiger partial charge in [-0.25, -0.2) is 0 Å². The SMILES string of the molecule is c1ccc(-c2ccc(-n3c4cc(-c5cc(N(c6ccccc6)c6ccccc6)cc(N(c6ccccc6)c6ccc7oc8ccccc8c7c6)c5)ccc4c4cc5ccccc5cc43)cc2)cc1. The average Bonchev–Trinajstić information content (AvgIpc) is 3.94. The third kappa shape index (κ3) is 6.86. The van der Waals surface area contributed by atoms with Gasteiger partial charge in [0, 0.05) is 61.4 Å². The van der Waals surface area contributed by atoms with Crippen LogP contribution in [-0.2, 0) is 0 Å². The zero-order chi connectivity index (χ0) is 45.0. The van der Waals surface area contributed by atoms with Gasteiger partial charge in [-0.15, -0.1) is 0 Å². The molecular formula is C64H43N3O. The molecule has 0 unspecified atom stereocenters. The third-order valence-electron chi connectivity index (χ3n) is 13.3. The van der Waals surface area contributed by atoms with E-state index < -0.39 is 0 Å². The van der Waals surface area contributed by atoms with Crippen LogP contribution in [0.5, 0.6) is 0 Å². The molecule has 4 nitrogen and oxygen atoms in total. The summed E-state index contributed by atoms with van der Waals surface area (Å²) in [6, 6.07) is 93.9. The number of fused-ring (bicyclic) bond motifs is 7. The standard InChI is InChI=1S/C64H43N3O/c1-5-17-44(18-6-1)45-29-32-53(33-30-45)67-61-41-48(31-35-57(61)59-39-46-19-13-14-20-47(46)40-62(59)67)49-37-55(65(50-21-7-2-8-22-50)51-23-9-3-10-24-51)42-56(38-49)66(52-25-11-4-12-26-52)54-34-36-64-60(43-54)58-27-15-16-28-63(58)68-64/h1-43H. The van der Waals surface area contributed by atoms with Crippen LogP contribution in [0, 0.1) is 0 Å². The van der Waals surface area contributed by atoms with E-state index in [4.69, 9.17) is 4.42 Å². The van der Waals surface area contributed by atoms with Crippen molar-refractivity contribution in [2.75, 3.05) is 9.80 Å². The molecule has 2 aromatic heterocycles. The number of furan rings is 1. The van der Waals surface area contributed by atoms with Crippen LogP contribution in [0.1, 0.15) is 0 Å². The lowest BCUT2D eigenvalue weighted by Crippen LogP contribution is -2.13. The second-order valence-corrected chi connectivity index (χ2v) is 17.4. The lowest BCUT2D eigenvalue weighted by atomic mass is 10.00. The minimum absolute atomic E-state index is 0.864. The molecule has 0 spiro atoms. The number of aromatic nitrogens is 1. The fourth-order valence-corrected chi connectivity index (χ4v) is 10.1. The zero-order valence-electron chi connectivity index (χ0n) is 37.1. The van der Waals surface area contributed by atoms with E-state index in [1.165, 1.54) is 38.2 Å². The Bertz CT molecular complexity index is 3910. The van der Waals surface area contributed by atoms with Crippen LogP contribution < -0.4 is 9.80 Å². The molecule has 13 rings (SSSR count). The van der Waals surface area contributed by atoms with Gasteiger partial charge in [-0.3, -0.25) is 0 Å². The first kappa shape index (κ1) is 39.3. The van der Waals surface area contributed by atoms with Gasteiger partial charge in [0.2, 0.25) is 0 Å². The van der Waals surface area contributed by atoms with Crippen LogP contribution in [0.15, 0.2) is 265 Å². The van der Waals surface area contributed by atoms with Crippen molar-refractivity contribution in [2.24, 2.45) is 0 Å². The van der Waals surface area contributed by atoms with Gasteiger partial charge in [0.1, 0.15) is 11.2 Å². The molecule has 0 atom stereocenters. The van der Waals surface area contributed by atoms with E-state index in [9.17, 15) is 0 Å². The maximum absolute atomic E-state index is 6.34. The summed E-state index contributed by atoms with van der Waals surface area (Å²) in [5.74, 6) is 0. The van der Waals surface area contributed by atoms with Gasteiger partial charge in [-0.1, -0.05) is 152 Å². The minimum atomic E-state index is 0.864. The molecule has 320 valence electrons. The number of para-hydroxylation sites is 4. The van der Waals surface area contributed by atoms with Crippen molar-refractivity contribution >= 4 is 88.6 Å². The van der Waals surface area contributed by atoms with Crippen molar-refractivity contribution < 1.29 is 4.42 Å². The molecule has 0 saturated carbocycles. The Morgan fingerprint density at radius 1 is 0.265 bits per heavy atom. The molecule has 0 aliphatic carbocycles. The first-order chi connectivity index (χ1) is 33.7. The third-order valence-corrected chi connectivity index (χ3v) is 13.3. The Labute approximate surface area is 394 Å². The molecule has 4 heteroatoms. The normalized spacial score (nSPS) is 11.5. The summed E-state index contributed by atoms with van der Waals surface area (Å²) in [7, 11) is 0. The van der Waals surface area contributed by atoms with Crippen LogP contribution in [0.3, 0.4) is 0 Å². The fraction of sp³-hybridized carbons (Fsp3) is 0. The van der Waals surface area contributed by atoms with Crippen LogP contribution >= 0.6 is 0 Å². The second-order valence-electron chi connectivity index (χ2n) is 17.4. The second kappa shape index (κ2) is 16.4. The van der Waals surface area contributed by atoms with Crippen molar-refractivity contribution in [3.63, 3.8) is 0 Å². The summed E-state index contributed by atoms with van der Waals surface area (Å²) in [6.45, 7) is 0. The van der Waals surface area contributed by atoms with Gasteiger partial charge in [-0.2, -0.15) is 0 Å². The van der Waals surface area contributed by atoms with Gasteiger partial charge in [0.15, 0.2) is 0 Å². The summed E-state index contributed by atoms with van der Waals surface area (Å²) in [5, 5.41) is 7.05. The van der Waals surface area contributed by atoms with Crippen molar-refractivity contribution in [2.45, 2.75) is 0 Å². The Balaban J connectivity index is 1.06. The number of benzene rings is 11. The number of nitrogens with zero attached hydrogens (tertiary/aromatic N) is 3. The summed E-state index contributed by atoms with van der Waals surface area (Å²) in [5.41, 5.74) is 16.1. The fourth-order valence-electron chi connectivity index (χ4n) is 10.1. The number of hydrogen-bond acceptors (Lipinski definition) is 3. The lowest BCUT2D eigenvalue weighted by Gasteiger charge is -2.30. The Hall–Kier alpha value is -9.12. The Morgan fingerprint density at radius 3 is 1.44 bits per heavy atom. The van der Waals surface area contributed by atoms with Gasteiger partial charge < -0.3 is 18.8 Å². The first-order valence-electron chi connectivity index (χ1n) is 23.2. The summed E-state index contributed by atoms with van der Waals surface area (Å²) < 4.78 is 8.79. The van der Waals surface area contributed by atoms with Gasteiger partial charge in [0.05, 0.1) is 11.0 Å². The highest BCUT2D eigenvalue weighted by Gasteiger charge is 2.22. The number of anilines is 6. The van der Waals surface area contributed by atoms with Crippen molar-refractivity contribution in [1.82, 2.24) is 4.57 Å². The largest absolute Gasteiger partial charge is 0.456 e. The van der Waals surface area contributed by atoms with Gasteiger partial charge in [0.25, 0.3) is 0 Å². The quantitative estimate of drug-likeness (QED) is 0.144. The van der Waals surface area contributed by atoms with E-state index in [0.717, 1.165) is 78.4 Å². The molecule has 11 aromatic carbocycles. The molecule has 13 aromatic rings.